The zero-order valence-corrected chi connectivity index (χ0v) is 13.7. The summed E-state index contributed by atoms with van der Waals surface area (Å²) in [4.78, 5) is 0. The van der Waals surface area contributed by atoms with Crippen molar-refractivity contribution >= 4 is 5.57 Å². The highest BCUT2D eigenvalue weighted by atomic mass is 14.2. The van der Waals surface area contributed by atoms with Crippen LogP contribution in [0.3, 0.4) is 0 Å². The Balaban J connectivity index is 0.000000956. The van der Waals surface area contributed by atoms with E-state index in [0.717, 1.165) is 19.3 Å². The number of rotatable bonds is 3. The quantitative estimate of drug-likeness (QED) is 0.606. The molecule has 0 saturated heterocycles. The molecule has 0 amide bonds. The average Bonchev–Trinajstić information content (AvgIpc) is 2.51. The number of hydrogen-bond acceptors (Lipinski definition) is 0. The lowest BCUT2D eigenvalue weighted by Gasteiger charge is -2.17. The third kappa shape index (κ3) is 3.96. The molecule has 20 heavy (non-hydrogen) atoms. The van der Waals surface area contributed by atoms with E-state index in [1.54, 1.807) is 0 Å². The minimum absolute atomic E-state index is 1.06. The van der Waals surface area contributed by atoms with Gasteiger partial charge in [0.25, 0.3) is 0 Å². The van der Waals surface area contributed by atoms with Crippen LogP contribution >= 0.6 is 0 Å². The maximum Gasteiger partial charge on any atom is -0.00913 e. The molecule has 0 aromatic heterocycles. The molecule has 0 spiro atoms. The van der Waals surface area contributed by atoms with Gasteiger partial charge >= 0.3 is 0 Å². The molecule has 0 aliphatic heterocycles. The Hall–Kier alpha value is -1.56. The number of benzene rings is 1. The molecule has 0 atom stereocenters. The van der Waals surface area contributed by atoms with Gasteiger partial charge in [0, 0.05) is 0 Å². The predicted octanol–water partition coefficient (Wildman–Crippen LogP) is 6.26. The van der Waals surface area contributed by atoms with Gasteiger partial charge in [-0.1, -0.05) is 70.2 Å². The fourth-order valence-corrected chi connectivity index (χ4v) is 2.46. The van der Waals surface area contributed by atoms with E-state index >= 15 is 0 Å². The summed E-state index contributed by atoms with van der Waals surface area (Å²) in [6, 6.07) is 6.84. The Bertz CT molecular complexity index is 513. The van der Waals surface area contributed by atoms with Gasteiger partial charge in [0.15, 0.2) is 0 Å². The smallest absolute Gasteiger partial charge is 0.00913 e. The average molecular weight is 268 g/mol. The first-order chi connectivity index (χ1) is 9.76. The highest BCUT2D eigenvalue weighted by molar-refractivity contribution is 5.83. The van der Waals surface area contributed by atoms with Gasteiger partial charge in [0.2, 0.25) is 0 Å². The van der Waals surface area contributed by atoms with Crippen LogP contribution in [0.4, 0.5) is 0 Å². The maximum atomic E-state index is 2.35. The van der Waals surface area contributed by atoms with Crippen molar-refractivity contribution in [2.75, 3.05) is 0 Å². The van der Waals surface area contributed by atoms with Crippen molar-refractivity contribution in [2.24, 2.45) is 0 Å². The van der Waals surface area contributed by atoms with Gasteiger partial charge in [-0.25, -0.2) is 0 Å². The Kier molecular flexibility index (Phi) is 7.08. The van der Waals surface area contributed by atoms with Crippen LogP contribution in [0.15, 0.2) is 48.1 Å². The Labute approximate surface area is 124 Å². The molecule has 0 nitrogen and oxygen atoms in total. The van der Waals surface area contributed by atoms with E-state index in [-0.39, 0.29) is 0 Å². The maximum absolute atomic E-state index is 2.35. The van der Waals surface area contributed by atoms with Crippen molar-refractivity contribution in [3.8, 4) is 0 Å². The van der Waals surface area contributed by atoms with Crippen LogP contribution in [0.2, 0.25) is 0 Å². The van der Waals surface area contributed by atoms with Crippen LogP contribution in [-0.2, 0) is 6.42 Å². The summed E-state index contributed by atoms with van der Waals surface area (Å²) in [5, 5.41) is 0. The summed E-state index contributed by atoms with van der Waals surface area (Å²) in [5.74, 6) is 0. The Morgan fingerprint density at radius 3 is 2.55 bits per heavy atom. The lowest BCUT2D eigenvalue weighted by Crippen LogP contribution is -1.97. The fraction of sp³-hybridized carbons (Fsp3) is 0.400. The topological polar surface area (TPSA) is 0 Å². The molecule has 0 N–H and O–H groups in total. The number of hydrogen-bond donors (Lipinski definition) is 0. The van der Waals surface area contributed by atoms with Gasteiger partial charge in [0.1, 0.15) is 0 Å². The minimum atomic E-state index is 1.06. The van der Waals surface area contributed by atoms with Crippen LogP contribution in [0.5, 0.6) is 0 Å². The van der Waals surface area contributed by atoms with Crippen molar-refractivity contribution in [1.82, 2.24) is 0 Å². The summed E-state index contributed by atoms with van der Waals surface area (Å²) in [6.07, 6.45) is 12.3. The van der Waals surface area contributed by atoms with E-state index in [4.69, 9.17) is 0 Å². The summed E-state index contributed by atoms with van der Waals surface area (Å²) in [6.45, 7) is 10.6. The van der Waals surface area contributed by atoms with E-state index < -0.39 is 0 Å². The number of aryl methyl sites for hydroxylation is 2. The third-order valence-electron chi connectivity index (χ3n) is 3.53. The van der Waals surface area contributed by atoms with Gasteiger partial charge in [0.05, 0.1) is 0 Å². The molecule has 1 aliphatic carbocycles. The Morgan fingerprint density at radius 2 is 1.90 bits per heavy atom. The van der Waals surface area contributed by atoms with Crippen LogP contribution in [0.25, 0.3) is 5.57 Å². The molecule has 0 unspecified atom stereocenters. The molecule has 1 aliphatic rings. The normalized spacial score (nSPS) is 15.7. The van der Waals surface area contributed by atoms with E-state index in [0.29, 0.717) is 0 Å². The van der Waals surface area contributed by atoms with Gasteiger partial charge in [-0.3, -0.25) is 0 Å². The molecule has 1 aromatic carbocycles. The van der Waals surface area contributed by atoms with Crippen LogP contribution in [0, 0.1) is 6.92 Å². The molecule has 0 fully saturated rings. The van der Waals surface area contributed by atoms with Crippen LogP contribution in [0.1, 0.15) is 57.2 Å². The first-order valence-corrected chi connectivity index (χ1v) is 7.92. The van der Waals surface area contributed by atoms with E-state index in [1.165, 1.54) is 27.8 Å². The van der Waals surface area contributed by atoms with Crippen molar-refractivity contribution in [3.05, 3.63) is 64.8 Å². The number of allylic oxidation sites excluding steroid dienone is 6. The zero-order chi connectivity index (χ0) is 15.0. The highest BCUT2D eigenvalue weighted by Gasteiger charge is 2.11. The minimum Gasteiger partial charge on any atom is -0.0807 e. The lowest BCUT2D eigenvalue weighted by molar-refractivity contribution is 1.12. The molecule has 1 aromatic rings. The van der Waals surface area contributed by atoms with E-state index in [9.17, 15) is 0 Å². The molecule has 0 heterocycles. The molecule has 0 radical (unpaired) electrons. The van der Waals surface area contributed by atoms with Gasteiger partial charge in [-0.05, 0) is 54.0 Å². The second-order valence-electron chi connectivity index (χ2n) is 4.85. The van der Waals surface area contributed by atoms with Crippen molar-refractivity contribution < 1.29 is 0 Å². The second kappa shape index (κ2) is 8.58. The third-order valence-corrected chi connectivity index (χ3v) is 3.53. The summed E-state index contributed by atoms with van der Waals surface area (Å²) in [5.41, 5.74) is 7.07. The second-order valence-corrected chi connectivity index (χ2v) is 4.85. The van der Waals surface area contributed by atoms with E-state index in [2.05, 4.69) is 63.3 Å². The largest absolute Gasteiger partial charge is 0.0807 e. The molecule has 2 rings (SSSR count). The standard InChI is InChI=1S/C18H22.C2H6/c1-4-8-16-9-6-7-10-17(16)18-13-15(5-2)12-11-14(18)3;1-2/h6-8,10-13H,4-5,9H2,1-3H3;1-2H3/b16-8+;. The van der Waals surface area contributed by atoms with Gasteiger partial charge in [-0.15, -0.1) is 0 Å². The fourth-order valence-electron chi connectivity index (χ4n) is 2.46. The SMILES string of the molecule is CC.CC/C=C1\CC=CC=C1c1cc(CC)ccc1C. The van der Waals surface area contributed by atoms with Gasteiger partial charge in [-0.2, -0.15) is 0 Å². The molecule has 0 saturated carbocycles. The first kappa shape index (κ1) is 16.5. The monoisotopic (exact) mass is 268 g/mol. The van der Waals surface area contributed by atoms with Gasteiger partial charge < -0.3 is 0 Å². The Morgan fingerprint density at radius 1 is 1.15 bits per heavy atom. The predicted molar refractivity (Wildman–Crippen MR) is 92.0 cm³/mol. The molecule has 0 heteroatoms. The first-order valence-electron chi connectivity index (χ1n) is 7.92. The summed E-state index contributed by atoms with van der Waals surface area (Å²) >= 11 is 0. The molecule has 0 bridgehead atoms. The van der Waals surface area contributed by atoms with Crippen molar-refractivity contribution in [3.63, 3.8) is 0 Å². The summed E-state index contributed by atoms with van der Waals surface area (Å²) < 4.78 is 0. The molecular formula is C20H28. The van der Waals surface area contributed by atoms with Crippen LogP contribution in [-0.4, -0.2) is 0 Å². The molecular weight excluding hydrogens is 240 g/mol. The van der Waals surface area contributed by atoms with Crippen molar-refractivity contribution in [1.29, 1.82) is 0 Å². The zero-order valence-electron chi connectivity index (χ0n) is 13.7. The van der Waals surface area contributed by atoms with Crippen LogP contribution < -0.4 is 0 Å². The lowest BCUT2D eigenvalue weighted by atomic mass is 9.88. The van der Waals surface area contributed by atoms with Crippen molar-refractivity contribution in [2.45, 2.75) is 53.9 Å². The van der Waals surface area contributed by atoms with E-state index in [1.807, 2.05) is 13.8 Å². The summed E-state index contributed by atoms with van der Waals surface area (Å²) in [7, 11) is 0. The highest BCUT2D eigenvalue weighted by Crippen LogP contribution is 2.32. The molecule has 108 valence electrons.